The predicted molar refractivity (Wildman–Crippen MR) is 85.2 cm³/mol. The minimum Gasteiger partial charge on any atom is -0.383 e. The molecule has 3 rings (SSSR count). The van der Waals surface area contributed by atoms with Crippen LogP contribution in [0.25, 0.3) is 5.69 Å². The Morgan fingerprint density at radius 2 is 2.00 bits per heavy atom. The van der Waals surface area contributed by atoms with Gasteiger partial charge in [-0.2, -0.15) is 5.10 Å². The quantitative estimate of drug-likeness (QED) is 0.881. The number of rotatable bonds is 4. The summed E-state index contributed by atoms with van der Waals surface area (Å²) in [6, 6.07) is 9.64. The van der Waals surface area contributed by atoms with Crippen LogP contribution in [0.2, 0.25) is 0 Å². The first kappa shape index (κ1) is 14.8. The van der Waals surface area contributed by atoms with E-state index in [1.807, 2.05) is 37.3 Å². The van der Waals surface area contributed by atoms with Gasteiger partial charge in [-0.1, -0.05) is 18.2 Å². The Morgan fingerprint density at radius 1 is 1.32 bits per heavy atom. The maximum Gasteiger partial charge on any atom is 0.183 e. The zero-order valence-corrected chi connectivity index (χ0v) is 12.8. The highest BCUT2D eigenvalue weighted by molar-refractivity contribution is 5.96. The largest absolute Gasteiger partial charge is 0.383 e. The molecule has 1 aromatic heterocycles. The molecule has 0 amide bonds. The summed E-state index contributed by atoms with van der Waals surface area (Å²) in [5.41, 5.74) is 8.26. The van der Waals surface area contributed by atoms with Gasteiger partial charge in [0.15, 0.2) is 5.78 Å². The van der Waals surface area contributed by atoms with Gasteiger partial charge >= 0.3 is 0 Å². The number of nitrogens with zero attached hydrogens (tertiary/aromatic N) is 2. The molecule has 2 heterocycles. The van der Waals surface area contributed by atoms with Gasteiger partial charge in [0.05, 0.1) is 5.69 Å². The number of aromatic nitrogens is 2. The number of para-hydroxylation sites is 1. The fraction of sp³-hybridized carbons (Fsp3) is 0.412. The van der Waals surface area contributed by atoms with Crippen molar-refractivity contribution in [1.29, 1.82) is 0 Å². The molecule has 0 saturated carbocycles. The number of benzene rings is 1. The first-order valence-corrected chi connectivity index (χ1v) is 7.68. The van der Waals surface area contributed by atoms with E-state index in [0.717, 1.165) is 37.3 Å². The highest BCUT2D eigenvalue weighted by Crippen LogP contribution is 2.25. The monoisotopic (exact) mass is 299 g/mol. The maximum absolute atomic E-state index is 12.6. The smallest absolute Gasteiger partial charge is 0.183 e. The molecule has 0 radical (unpaired) electrons. The Hall–Kier alpha value is -2.14. The average molecular weight is 299 g/mol. The van der Waals surface area contributed by atoms with Crippen LogP contribution in [0.1, 0.15) is 35.3 Å². The van der Waals surface area contributed by atoms with E-state index in [9.17, 15) is 4.79 Å². The van der Waals surface area contributed by atoms with Gasteiger partial charge < -0.3 is 10.5 Å². The third-order valence-electron chi connectivity index (χ3n) is 4.25. The zero-order chi connectivity index (χ0) is 15.5. The van der Waals surface area contributed by atoms with Crippen molar-refractivity contribution in [3.8, 4) is 5.69 Å². The summed E-state index contributed by atoms with van der Waals surface area (Å²) in [6.07, 6.45) is 2.41. The lowest BCUT2D eigenvalue weighted by Gasteiger charge is -2.20. The number of nitrogens with two attached hydrogens (primary N) is 1. The summed E-state index contributed by atoms with van der Waals surface area (Å²) in [4.78, 5) is 12.6. The van der Waals surface area contributed by atoms with Crippen molar-refractivity contribution in [2.45, 2.75) is 26.2 Å². The van der Waals surface area contributed by atoms with Gasteiger partial charge in [-0.3, -0.25) is 4.79 Å². The van der Waals surface area contributed by atoms with Crippen LogP contribution in [0.4, 0.5) is 5.82 Å². The van der Waals surface area contributed by atoms with Crippen LogP contribution in [-0.2, 0) is 4.74 Å². The van der Waals surface area contributed by atoms with Crippen molar-refractivity contribution in [1.82, 2.24) is 9.78 Å². The first-order chi connectivity index (χ1) is 10.7. The zero-order valence-electron chi connectivity index (χ0n) is 12.8. The topological polar surface area (TPSA) is 70.1 Å². The number of hydrogen-bond acceptors (Lipinski definition) is 4. The van der Waals surface area contributed by atoms with Crippen molar-refractivity contribution in [2.24, 2.45) is 5.92 Å². The minimum absolute atomic E-state index is 0.0748. The molecule has 1 fully saturated rings. The molecule has 22 heavy (non-hydrogen) atoms. The molecular formula is C17H21N3O2. The molecular weight excluding hydrogens is 278 g/mol. The number of Topliss-reactive ketones (excluding diaryl/α,β-unsaturated/α-hetero) is 1. The van der Waals surface area contributed by atoms with Gasteiger partial charge in [0.2, 0.25) is 0 Å². The molecule has 1 aliphatic rings. The molecule has 5 heteroatoms. The molecule has 0 aliphatic carbocycles. The molecule has 1 saturated heterocycles. The Kier molecular flexibility index (Phi) is 4.24. The van der Waals surface area contributed by atoms with Crippen molar-refractivity contribution in [3.63, 3.8) is 0 Å². The van der Waals surface area contributed by atoms with E-state index >= 15 is 0 Å². The van der Waals surface area contributed by atoms with E-state index in [2.05, 4.69) is 5.10 Å². The van der Waals surface area contributed by atoms with Crippen LogP contribution in [-0.4, -0.2) is 28.8 Å². The van der Waals surface area contributed by atoms with Crippen molar-refractivity contribution >= 4 is 11.6 Å². The third-order valence-corrected chi connectivity index (χ3v) is 4.25. The maximum atomic E-state index is 12.6. The number of anilines is 1. The second kappa shape index (κ2) is 6.32. The van der Waals surface area contributed by atoms with E-state index in [4.69, 9.17) is 10.5 Å². The van der Waals surface area contributed by atoms with Gasteiger partial charge in [0, 0.05) is 25.2 Å². The van der Waals surface area contributed by atoms with Crippen LogP contribution in [0.15, 0.2) is 30.3 Å². The molecule has 1 aromatic carbocycles. The molecule has 0 atom stereocenters. The summed E-state index contributed by atoms with van der Waals surface area (Å²) >= 11 is 0. The lowest BCUT2D eigenvalue weighted by Crippen LogP contribution is -2.19. The van der Waals surface area contributed by atoms with Gasteiger partial charge in [-0.15, -0.1) is 0 Å². The molecule has 116 valence electrons. The second-order valence-electron chi connectivity index (χ2n) is 5.79. The normalized spacial score (nSPS) is 15.9. The Bertz CT molecular complexity index is 658. The highest BCUT2D eigenvalue weighted by atomic mass is 16.5. The summed E-state index contributed by atoms with van der Waals surface area (Å²) in [5.74, 6) is 0.996. The molecule has 2 N–H and O–H groups in total. The number of ketones is 1. The van der Waals surface area contributed by atoms with Crippen LogP contribution in [0.5, 0.6) is 0 Å². The van der Waals surface area contributed by atoms with Gasteiger partial charge in [0.1, 0.15) is 11.5 Å². The average Bonchev–Trinajstić information content (AvgIpc) is 2.85. The summed E-state index contributed by atoms with van der Waals surface area (Å²) in [7, 11) is 0. The summed E-state index contributed by atoms with van der Waals surface area (Å²) in [6.45, 7) is 3.36. The van der Waals surface area contributed by atoms with E-state index in [1.165, 1.54) is 0 Å². The molecule has 5 nitrogen and oxygen atoms in total. The molecule has 0 bridgehead atoms. The Morgan fingerprint density at radius 3 is 2.68 bits per heavy atom. The SMILES string of the molecule is Cc1c(C(=O)CC2CCOCC2)nn(-c2ccccc2)c1N. The Balaban J connectivity index is 1.83. The number of nitrogen functional groups attached to an aromatic ring is 1. The standard InChI is InChI=1S/C17H21N3O2/c1-12-16(15(21)11-13-7-9-22-10-8-13)19-20(17(12)18)14-5-3-2-4-6-14/h2-6,13H,7-11,18H2,1H3. The number of hydrogen-bond donors (Lipinski definition) is 1. The van der Waals surface area contributed by atoms with Crippen LogP contribution < -0.4 is 5.73 Å². The minimum atomic E-state index is 0.0748. The lowest BCUT2D eigenvalue weighted by atomic mass is 9.93. The highest BCUT2D eigenvalue weighted by Gasteiger charge is 2.23. The van der Waals surface area contributed by atoms with Crippen molar-refractivity contribution in [2.75, 3.05) is 18.9 Å². The van der Waals surface area contributed by atoms with Gasteiger partial charge in [0.25, 0.3) is 0 Å². The van der Waals surface area contributed by atoms with Crippen molar-refractivity contribution < 1.29 is 9.53 Å². The Labute approximate surface area is 130 Å². The van der Waals surface area contributed by atoms with E-state index in [0.29, 0.717) is 23.9 Å². The summed E-state index contributed by atoms with van der Waals surface area (Å²) < 4.78 is 6.99. The molecule has 2 aromatic rings. The number of carbonyl (C=O) groups is 1. The van der Waals surface area contributed by atoms with E-state index in [1.54, 1.807) is 4.68 Å². The number of carbonyl (C=O) groups excluding carboxylic acids is 1. The van der Waals surface area contributed by atoms with Crippen LogP contribution >= 0.6 is 0 Å². The van der Waals surface area contributed by atoms with E-state index < -0.39 is 0 Å². The van der Waals surface area contributed by atoms with E-state index in [-0.39, 0.29) is 5.78 Å². The second-order valence-corrected chi connectivity index (χ2v) is 5.79. The van der Waals surface area contributed by atoms with Crippen LogP contribution in [0.3, 0.4) is 0 Å². The molecule has 0 spiro atoms. The molecule has 1 aliphatic heterocycles. The summed E-state index contributed by atoms with van der Waals surface area (Å²) in [5, 5.41) is 4.46. The predicted octanol–water partition coefficient (Wildman–Crippen LogP) is 2.76. The van der Waals surface area contributed by atoms with Crippen LogP contribution in [0, 0.1) is 12.8 Å². The first-order valence-electron chi connectivity index (χ1n) is 7.68. The molecule has 0 unspecified atom stereocenters. The fourth-order valence-electron chi connectivity index (χ4n) is 2.85. The van der Waals surface area contributed by atoms with Gasteiger partial charge in [-0.05, 0) is 37.8 Å². The number of ether oxygens (including phenoxy) is 1. The van der Waals surface area contributed by atoms with Gasteiger partial charge in [-0.25, -0.2) is 4.68 Å². The van der Waals surface area contributed by atoms with Crippen molar-refractivity contribution in [3.05, 3.63) is 41.6 Å². The fourth-order valence-corrected chi connectivity index (χ4v) is 2.85. The third kappa shape index (κ3) is 2.90. The lowest BCUT2D eigenvalue weighted by molar-refractivity contribution is 0.0599.